The topological polar surface area (TPSA) is 200 Å². The molecular formula is C37H42BrN9O7. The number of benzene rings is 1. The van der Waals surface area contributed by atoms with Gasteiger partial charge in [-0.2, -0.15) is 5.10 Å². The van der Waals surface area contributed by atoms with Crippen LogP contribution in [-0.2, 0) is 37.0 Å². The summed E-state index contributed by atoms with van der Waals surface area (Å²) in [6, 6.07) is 6.87. The van der Waals surface area contributed by atoms with Crippen molar-refractivity contribution in [1.82, 2.24) is 40.3 Å². The van der Waals surface area contributed by atoms with Gasteiger partial charge in [-0.05, 0) is 71.4 Å². The molecule has 4 aromatic rings. The van der Waals surface area contributed by atoms with Gasteiger partial charge in [0.1, 0.15) is 36.0 Å². The van der Waals surface area contributed by atoms with Gasteiger partial charge in [0.05, 0.1) is 29.4 Å². The summed E-state index contributed by atoms with van der Waals surface area (Å²) < 4.78 is 11.9. The number of likely N-dealkylation sites (tertiary alicyclic amines) is 1. The first-order valence-corrected chi connectivity index (χ1v) is 18.2. The van der Waals surface area contributed by atoms with Gasteiger partial charge >= 0.3 is 6.09 Å². The molecule has 0 bridgehead atoms. The Bertz CT molecular complexity index is 2120. The Morgan fingerprint density at radius 1 is 1.04 bits per heavy atom. The largest absolute Gasteiger partial charge is 0.453 e. The summed E-state index contributed by atoms with van der Waals surface area (Å²) in [5.41, 5.74) is 2.33. The van der Waals surface area contributed by atoms with Gasteiger partial charge in [-0.3, -0.25) is 23.9 Å². The number of piperidine rings is 1. The summed E-state index contributed by atoms with van der Waals surface area (Å²) in [7, 11) is 2.77. The van der Waals surface area contributed by atoms with Crippen molar-refractivity contribution in [3.63, 3.8) is 0 Å². The van der Waals surface area contributed by atoms with Crippen LogP contribution >= 0.6 is 15.9 Å². The molecule has 1 aromatic carbocycles. The van der Waals surface area contributed by atoms with E-state index in [1.807, 2.05) is 12.1 Å². The number of ketones is 1. The molecule has 1 saturated carbocycles. The number of ether oxygens (including phenoxy) is 2. The van der Waals surface area contributed by atoms with Crippen LogP contribution in [0.4, 0.5) is 10.6 Å². The SMILES string of the molecule is COCc1ccc(Br)c(NC(=O)[C@@H]2CC3(CNC(=O)C(NC(=O)OC)C(C)C)CC3N2C(=O)Cn2nc(C(C)=O)c3cc(-c4cnc(C)nc4)ccc32)n1. The number of rotatable bonds is 13. The fourth-order valence-electron chi connectivity index (χ4n) is 7.05. The third-order valence-corrected chi connectivity index (χ3v) is 10.6. The number of alkyl carbamates (subject to hydrolysis) is 1. The molecule has 1 aliphatic heterocycles. The van der Waals surface area contributed by atoms with E-state index < -0.39 is 35.4 Å². The number of hydrogen-bond acceptors (Lipinski definition) is 11. The first kappa shape index (κ1) is 38.4. The lowest BCUT2D eigenvalue weighted by molar-refractivity contribution is -0.138. The molecule has 54 heavy (non-hydrogen) atoms. The van der Waals surface area contributed by atoms with Crippen molar-refractivity contribution in [2.75, 3.05) is 26.1 Å². The van der Waals surface area contributed by atoms with E-state index in [-0.39, 0.29) is 61.3 Å². The minimum absolute atomic E-state index is 0.173. The molecule has 1 aliphatic carbocycles. The number of halogens is 1. The Morgan fingerprint density at radius 3 is 2.44 bits per heavy atom. The second-order valence-electron chi connectivity index (χ2n) is 14.0. The summed E-state index contributed by atoms with van der Waals surface area (Å²) in [5.74, 6) is -0.829. The molecule has 284 valence electrons. The zero-order valence-corrected chi connectivity index (χ0v) is 32.4. The molecule has 2 aliphatic rings. The standard InChI is InChI=1S/C37H42BrN9O7/c1-19(2)31(43-36(52)54-6)35(51)41-18-37-12-28(34(50)44-33-26(38)9-8-24(42-33)17-53-5)47(29(37)13-37)30(49)16-46-27-10-7-22(23-14-39-21(4)40-15-23)11-25(27)32(45-46)20(3)48/h7-11,14-15,19,28-29,31H,12-13,16-18H2,1-6H3,(H,41,51)(H,43,52)(H,42,44,50)/t28-,29?,31?,37?/m0/s1. The lowest BCUT2D eigenvalue weighted by Crippen LogP contribution is -2.50. The van der Waals surface area contributed by atoms with E-state index in [9.17, 15) is 24.0 Å². The minimum Gasteiger partial charge on any atom is -0.453 e. The maximum absolute atomic E-state index is 14.4. The Kier molecular flexibility index (Phi) is 11.1. The molecule has 4 atom stereocenters. The van der Waals surface area contributed by atoms with Crippen molar-refractivity contribution >= 4 is 62.2 Å². The van der Waals surface area contributed by atoms with E-state index in [1.165, 1.54) is 18.7 Å². The predicted octanol–water partition coefficient (Wildman–Crippen LogP) is 3.80. The number of nitrogens with one attached hydrogen (secondary N) is 3. The first-order chi connectivity index (χ1) is 25.7. The number of carbonyl (C=O) groups excluding carboxylic acids is 5. The molecular weight excluding hydrogens is 762 g/mol. The van der Waals surface area contributed by atoms with E-state index in [1.54, 1.807) is 63.4 Å². The number of carbonyl (C=O) groups is 5. The van der Waals surface area contributed by atoms with Crippen molar-refractivity contribution in [1.29, 1.82) is 0 Å². The number of aromatic nitrogens is 5. The fraction of sp³-hybridized carbons (Fsp3) is 0.432. The van der Waals surface area contributed by atoms with Crippen molar-refractivity contribution in [2.24, 2.45) is 11.3 Å². The third kappa shape index (κ3) is 7.82. The van der Waals surface area contributed by atoms with Gasteiger partial charge in [-0.25, -0.2) is 19.7 Å². The molecule has 2 fully saturated rings. The lowest BCUT2D eigenvalue weighted by atomic mass is 9.98. The monoisotopic (exact) mass is 803 g/mol. The molecule has 17 heteroatoms. The van der Waals surface area contributed by atoms with Crippen LogP contribution in [-0.4, -0.2) is 98.1 Å². The molecule has 3 unspecified atom stereocenters. The quantitative estimate of drug-likeness (QED) is 0.166. The highest BCUT2D eigenvalue weighted by Crippen LogP contribution is 2.59. The first-order valence-electron chi connectivity index (χ1n) is 17.4. The minimum atomic E-state index is -0.913. The Labute approximate surface area is 319 Å². The van der Waals surface area contributed by atoms with Gasteiger partial charge in [-0.15, -0.1) is 0 Å². The van der Waals surface area contributed by atoms with Gasteiger partial charge in [0.25, 0.3) is 0 Å². The van der Waals surface area contributed by atoms with Crippen molar-refractivity contribution in [2.45, 2.75) is 71.8 Å². The zero-order valence-electron chi connectivity index (χ0n) is 30.8. The van der Waals surface area contributed by atoms with Crippen LogP contribution in [0, 0.1) is 18.3 Å². The van der Waals surface area contributed by atoms with Crippen LogP contribution in [0.25, 0.3) is 22.0 Å². The second kappa shape index (κ2) is 15.6. The van der Waals surface area contributed by atoms with Crippen LogP contribution in [0.15, 0.2) is 47.2 Å². The fourth-order valence-corrected chi connectivity index (χ4v) is 7.37. The second-order valence-corrected chi connectivity index (χ2v) is 14.9. The molecule has 1 saturated heterocycles. The zero-order chi connectivity index (χ0) is 38.9. The van der Waals surface area contributed by atoms with E-state index in [0.29, 0.717) is 33.3 Å². The maximum atomic E-state index is 14.4. The highest BCUT2D eigenvalue weighted by atomic mass is 79.9. The summed E-state index contributed by atoms with van der Waals surface area (Å²) in [6.45, 7) is 6.98. The number of aryl methyl sites for hydroxylation is 1. The number of fused-ring (bicyclic) bond motifs is 2. The number of Topliss-reactive ketones (excluding diaryl/α,β-unsaturated/α-hetero) is 1. The highest BCUT2D eigenvalue weighted by molar-refractivity contribution is 9.10. The van der Waals surface area contributed by atoms with Gasteiger partial charge in [0, 0.05) is 55.4 Å². The molecule has 3 N–H and O–H groups in total. The summed E-state index contributed by atoms with van der Waals surface area (Å²) in [6.07, 6.45) is 3.49. The smallest absolute Gasteiger partial charge is 0.407 e. The van der Waals surface area contributed by atoms with Gasteiger partial charge < -0.3 is 30.3 Å². The molecule has 4 amide bonds. The number of hydrogen-bond donors (Lipinski definition) is 3. The highest BCUT2D eigenvalue weighted by Gasteiger charge is 2.67. The molecule has 16 nitrogen and oxygen atoms in total. The molecule has 4 heterocycles. The molecule has 0 spiro atoms. The average Bonchev–Trinajstić information content (AvgIpc) is 3.56. The normalized spacial score (nSPS) is 19.3. The number of anilines is 1. The summed E-state index contributed by atoms with van der Waals surface area (Å²) in [5, 5.41) is 13.5. The lowest BCUT2D eigenvalue weighted by Gasteiger charge is -2.27. The van der Waals surface area contributed by atoms with Gasteiger partial charge in [-0.1, -0.05) is 19.9 Å². The van der Waals surface area contributed by atoms with E-state index >= 15 is 0 Å². The van der Waals surface area contributed by atoms with E-state index in [2.05, 4.69) is 51.9 Å². The molecule has 0 radical (unpaired) electrons. The third-order valence-electron chi connectivity index (χ3n) is 9.95. The predicted molar refractivity (Wildman–Crippen MR) is 200 cm³/mol. The summed E-state index contributed by atoms with van der Waals surface area (Å²) >= 11 is 3.46. The number of amides is 4. The Hall–Kier alpha value is -5.29. The Morgan fingerprint density at radius 2 is 1.78 bits per heavy atom. The van der Waals surface area contributed by atoms with E-state index in [0.717, 1.165) is 11.1 Å². The average molecular weight is 805 g/mol. The van der Waals surface area contributed by atoms with Gasteiger partial charge in [0.15, 0.2) is 5.78 Å². The van der Waals surface area contributed by atoms with Crippen molar-refractivity contribution in [3.05, 3.63) is 64.4 Å². The summed E-state index contributed by atoms with van der Waals surface area (Å²) in [4.78, 5) is 81.1. The van der Waals surface area contributed by atoms with Crippen LogP contribution in [0.2, 0.25) is 0 Å². The van der Waals surface area contributed by atoms with Crippen LogP contribution in [0.1, 0.15) is 55.6 Å². The molecule has 3 aromatic heterocycles. The van der Waals surface area contributed by atoms with Gasteiger partial charge in [0.2, 0.25) is 17.7 Å². The van der Waals surface area contributed by atoms with Crippen LogP contribution < -0.4 is 16.0 Å². The Balaban J connectivity index is 1.28. The maximum Gasteiger partial charge on any atom is 0.407 e. The number of nitrogens with zero attached hydrogens (tertiary/aromatic N) is 6. The molecule has 6 rings (SSSR count). The number of methoxy groups -OCH3 is 2. The van der Waals surface area contributed by atoms with Crippen LogP contribution in [0.3, 0.4) is 0 Å². The van der Waals surface area contributed by atoms with Crippen molar-refractivity contribution in [3.8, 4) is 11.1 Å². The van der Waals surface area contributed by atoms with E-state index in [4.69, 9.17) is 9.47 Å². The van der Waals surface area contributed by atoms with Crippen LogP contribution in [0.5, 0.6) is 0 Å². The number of pyridine rings is 1. The van der Waals surface area contributed by atoms with Crippen molar-refractivity contribution < 1.29 is 33.4 Å².